The molecule has 0 spiro atoms. The van der Waals surface area contributed by atoms with E-state index in [1.54, 1.807) is 0 Å². The second-order valence-corrected chi connectivity index (χ2v) is 9.74. The van der Waals surface area contributed by atoms with Crippen LogP contribution < -0.4 is 0 Å². The van der Waals surface area contributed by atoms with Crippen molar-refractivity contribution < 1.29 is 0 Å². The van der Waals surface area contributed by atoms with E-state index in [0.29, 0.717) is 17.8 Å². The van der Waals surface area contributed by atoms with Crippen LogP contribution in [0.5, 0.6) is 0 Å². The number of rotatable bonds is 5. The number of benzene rings is 3. The van der Waals surface area contributed by atoms with Crippen molar-refractivity contribution in [2.45, 2.75) is 70.6 Å². The molecule has 0 nitrogen and oxygen atoms in total. The molecule has 0 radical (unpaired) electrons. The van der Waals surface area contributed by atoms with Crippen LogP contribution >= 0.6 is 0 Å². The first kappa shape index (κ1) is 23.3. The topological polar surface area (TPSA) is 0 Å². The minimum atomic E-state index is 0.393. The Bertz CT molecular complexity index is 1090. The van der Waals surface area contributed by atoms with Crippen LogP contribution in [0.1, 0.15) is 90.7 Å². The van der Waals surface area contributed by atoms with Gasteiger partial charge in [0, 0.05) is 5.92 Å². The van der Waals surface area contributed by atoms with E-state index in [0.717, 1.165) is 19.3 Å². The van der Waals surface area contributed by atoms with Crippen LogP contribution in [0.25, 0.3) is 6.08 Å². The van der Waals surface area contributed by atoms with Gasteiger partial charge in [-0.05, 0) is 72.3 Å². The van der Waals surface area contributed by atoms with Gasteiger partial charge in [0.2, 0.25) is 0 Å². The monoisotopic (exact) mass is 434 g/mol. The molecule has 3 atom stereocenters. The lowest BCUT2D eigenvalue weighted by Crippen LogP contribution is -2.07. The predicted octanol–water partition coefficient (Wildman–Crippen LogP) is 9.37. The third-order valence-corrected chi connectivity index (χ3v) is 7.17. The van der Waals surface area contributed by atoms with Crippen LogP contribution in [0.4, 0.5) is 0 Å². The van der Waals surface area contributed by atoms with E-state index < -0.39 is 0 Å². The molecule has 3 unspecified atom stereocenters. The molecule has 33 heavy (non-hydrogen) atoms. The average molecular weight is 435 g/mol. The Morgan fingerprint density at radius 2 is 1.61 bits per heavy atom. The summed E-state index contributed by atoms with van der Waals surface area (Å²) >= 11 is 0. The smallest absolute Gasteiger partial charge is 0.00586 e. The van der Waals surface area contributed by atoms with Gasteiger partial charge in [-0.1, -0.05) is 123 Å². The van der Waals surface area contributed by atoms with E-state index in [-0.39, 0.29) is 0 Å². The molecule has 0 saturated carbocycles. The van der Waals surface area contributed by atoms with E-state index in [9.17, 15) is 0 Å². The van der Waals surface area contributed by atoms with E-state index in [1.165, 1.54) is 46.2 Å². The van der Waals surface area contributed by atoms with Gasteiger partial charge in [-0.15, -0.1) is 0 Å². The fraction of sp³-hybridized carbons (Fsp3) is 0.333. The molecule has 170 valence electrons. The average Bonchev–Trinajstić information content (AvgIpc) is 2.87. The first-order valence-electron chi connectivity index (χ1n) is 12.7. The fourth-order valence-corrected chi connectivity index (χ4v) is 5.34. The van der Waals surface area contributed by atoms with Crippen LogP contribution in [-0.4, -0.2) is 0 Å². The van der Waals surface area contributed by atoms with Gasteiger partial charge in [0.1, 0.15) is 0 Å². The summed E-state index contributed by atoms with van der Waals surface area (Å²) in [6.45, 7) is 6.89. The Kier molecular flexibility index (Phi) is 8.00. The second kappa shape index (κ2) is 11.3. The summed E-state index contributed by atoms with van der Waals surface area (Å²) < 4.78 is 0. The van der Waals surface area contributed by atoms with Crippen LogP contribution in [0.15, 0.2) is 91.0 Å². The molecule has 1 aliphatic carbocycles. The maximum absolute atomic E-state index is 2.48. The summed E-state index contributed by atoms with van der Waals surface area (Å²) in [5, 5.41) is 0. The zero-order valence-electron chi connectivity index (χ0n) is 20.5. The van der Waals surface area contributed by atoms with Crippen LogP contribution in [0.3, 0.4) is 0 Å². The molecule has 0 aromatic heterocycles. The van der Waals surface area contributed by atoms with Gasteiger partial charge < -0.3 is 0 Å². The van der Waals surface area contributed by atoms with Gasteiger partial charge in [0.25, 0.3) is 0 Å². The quantitative estimate of drug-likeness (QED) is 0.351. The molecule has 3 aromatic carbocycles. The first-order valence-corrected chi connectivity index (χ1v) is 12.7. The minimum absolute atomic E-state index is 0.393. The SMILES string of the molecule is CCCC(C)c1cccc2c1CC(c1ccccc1)C=CCC(c1cccc(C)c1)C/C=C/2. The standard InChI is InChI=1S/C33H38/c1-4-12-26(3)32-22-11-19-29-18-9-16-28(30-20-8-13-25(2)23-30)17-10-21-31(24-33(29)32)27-14-6-5-7-15-27/h5-11,13-15,18-23,26,28,31H,4,12,16-17,24H2,1-3H3/b18-9+,21-10?. The Morgan fingerprint density at radius 3 is 2.39 bits per heavy atom. The van der Waals surface area contributed by atoms with Crippen LogP contribution in [-0.2, 0) is 6.42 Å². The molecule has 0 amide bonds. The zero-order chi connectivity index (χ0) is 23.0. The fourth-order valence-electron chi connectivity index (χ4n) is 5.34. The zero-order valence-corrected chi connectivity index (χ0v) is 20.5. The molecule has 0 fully saturated rings. The van der Waals surface area contributed by atoms with Gasteiger partial charge in [-0.25, -0.2) is 0 Å². The summed E-state index contributed by atoms with van der Waals surface area (Å²) in [6, 6.07) is 27.1. The van der Waals surface area contributed by atoms with Crippen molar-refractivity contribution in [2.75, 3.05) is 0 Å². The number of hydrogen-bond acceptors (Lipinski definition) is 0. The van der Waals surface area contributed by atoms with Gasteiger partial charge in [0.15, 0.2) is 0 Å². The molecule has 4 rings (SSSR count). The number of allylic oxidation sites excluding steroid dienone is 3. The lowest BCUT2D eigenvalue weighted by Gasteiger charge is -2.22. The maximum atomic E-state index is 2.48. The van der Waals surface area contributed by atoms with Crippen LogP contribution in [0.2, 0.25) is 0 Å². The summed E-state index contributed by atoms with van der Waals surface area (Å²) in [4.78, 5) is 0. The summed E-state index contributed by atoms with van der Waals surface area (Å²) in [5.74, 6) is 1.49. The minimum Gasteiger partial charge on any atom is -0.0873 e. The molecule has 3 aromatic rings. The summed E-state index contributed by atoms with van der Waals surface area (Å²) in [5.41, 5.74) is 8.66. The molecular formula is C33H38. The molecule has 0 heteroatoms. The van der Waals surface area contributed by atoms with E-state index in [1.807, 2.05) is 0 Å². The van der Waals surface area contributed by atoms with Crippen molar-refractivity contribution in [2.24, 2.45) is 0 Å². The number of fused-ring (bicyclic) bond motifs is 1. The third-order valence-electron chi connectivity index (χ3n) is 7.17. The van der Waals surface area contributed by atoms with E-state index in [2.05, 4.69) is 118 Å². The molecule has 0 heterocycles. The van der Waals surface area contributed by atoms with Crippen molar-refractivity contribution in [3.05, 3.63) is 124 Å². The lowest BCUT2D eigenvalue weighted by atomic mass is 9.83. The third kappa shape index (κ3) is 5.93. The van der Waals surface area contributed by atoms with Gasteiger partial charge in [-0.3, -0.25) is 0 Å². The van der Waals surface area contributed by atoms with Crippen molar-refractivity contribution in [1.29, 1.82) is 0 Å². The largest absolute Gasteiger partial charge is 0.0873 e. The first-order chi connectivity index (χ1) is 16.2. The van der Waals surface area contributed by atoms with Crippen LogP contribution in [0, 0.1) is 6.92 Å². The Hall–Kier alpha value is -2.86. The van der Waals surface area contributed by atoms with Gasteiger partial charge in [-0.2, -0.15) is 0 Å². The highest BCUT2D eigenvalue weighted by Crippen LogP contribution is 2.34. The van der Waals surface area contributed by atoms with E-state index in [4.69, 9.17) is 0 Å². The Labute approximate surface area is 201 Å². The van der Waals surface area contributed by atoms with Crippen molar-refractivity contribution in [1.82, 2.24) is 0 Å². The molecule has 0 aliphatic heterocycles. The normalized spacial score (nSPS) is 20.5. The number of aryl methyl sites for hydroxylation is 1. The Balaban J connectivity index is 1.77. The van der Waals surface area contributed by atoms with E-state index >= 15 is 0 Å². The lowest BCUT2D eigenvalue weighted by molar-refractivity contribution is 0.653. The van der Waals surface area contributed by atoms with Crippen molar-refractivity contribution in [3.63, 3.8) is 0 Å². The molecular weight excluding hydrogens is 396 g/mol. The van der Waals surface area contributed by atoms with Crippen molar-refractivity contribution in [3.8, 4) is 0 Å². The highest BCUT2D eigenvalue weighted by Gasteiger charge is 2.18. The Morgan fingerprint density at radius 1 is 0.848 bits per heavy atom. The highest BCUT2D eigenvalue weighted by molar-refractivity contribution is 5.57. The highest BCUT2D eigenvalue weighted by atomic mass is 14.2. The molecule has 0 bridgehead atoms. The second-order valence-electron chi connectivity index (χ2n) is 9.74. The summed E-state index contributed by atoms with van der Waals surface area (Å²) in [7, 11) is 0. The molecule has 0 N–H and O–H groups in total. The van der Waals surface area contributed by atoms with Gasteiger partial charge in [0.05, 0.1) is 0 Å². The number of hydrogen-bond donors (Lipinski definition) is 0. The molecule has 0 saturated heterocycles. The predicted molar refractivity (Wildman–Crippen MR) is 144 cm³/mol. The maximum Gasteiger partial charge on any atom is 0.00586 e. The molecule has 1 aliphatic rings. The van der Waals surface area contributed by atoms with Crippen molar-refractivity contribution >= 4 is 6.08 Å². The summed E-state index contributed by atoms with van der Waals surface area (Å²) in [6.07, 6.45) is 15.4. The van der Waals surface area contributed by atoms with Gasteiger partial charge >= 0.3 is 0 Å².